The molecule has 1 aliphatic carbocycles. The third kappa shape index (κ3) is 2.08. The summed E-state index contributed by atoms with van der Waals surface area (Å²) in [5.74, 6) is 1.43. The minimum atomic E-state index is -0.434. The smallest absolute Gasteiger partial charge is 0.111 e. The fourth-order valence-corrected chi connectivity index (χ4v) is 3.06. The van der Waals surface area contributed by atoms with Crippen LogP contribution in [0.2, 0.25) is 0 Å². The highest BCUT2D eigenvalue weighted by atomic mass is 16.3. The minimum absolute atomic E-state index is 0.106. The zero-order chi connectivity index (χ0) is 13.4. The van der Waals surface area contributed by atoms with Crippen LogP contribution in [-0.4, -0.2) is 14.7 Å². The third-order valence-corrected chi connectivity index (χ3v) is 4.02. The zero-order valence-electron chi connectivity index (χ0n) is 11.5. The van der Waals surface area contributed by atoms with Crippen LogP contribution in [0.15, 0.2) is 36.7 Å². The van der Waals surface area contributed by atoms with E-state index in [0.29, 0.717) is 5.92 Å². The fraction of sp³-hybridized carbons (Fsp3) is 0.438. The van der Waals surface area contributed by atoms with Crippen LogP contribution in [0, 0.1) is 0 Å². The number of aliphatic hydroxyl groups is 1. The van der Waals surface area contributed by atoms with E-state index >= 15 is 0 Å². The predicted molar refractivity (Wildman–Crippen MR) is 75.1 cm³/mol. The van der Waals surface area contributed by atoms with E-state index in [9.17, 15) is 5.11 Å². The summed E-state index contributed by atoms with van der Waals surface area (Å²) in [6.45, 7) is 4.28. The molecule has 0 amide bonds. The van der Waals surface area contributed by atoms with Gasteiger partial charge in [-0.1, -0.05) is 38.1 Å². The zero-order valence-corrected chi connectivity index (χ0v) is 11.5. The van der Waals surface area contributed by atoms with Crippen molar-refractivity contribution in [1.82, 2.24) is 9.55 Å². The maximum atomic E-state index is 10.7. The number of aryl methyl sites for hydroxylation is 1. The predicted octanol–water partition coefficient (Wildman–Crippen LogP) is 3.23. The first-order valence-electron chi connectivity index (χ1n) is 6.97. The number of aromatic nitrogens is 2. The molecule has 0 bridgehead atoms. The third-order valence-electron chi connectivity index (χ3n) is 4.02. The van der Waals surface area contributed by atoms with E-state index in [1.165, 1.54) is 5.56 Å². The van der Waals surface area contributed by atoms with Crippen LogP contribution in [0.4, 0.5) is 0 Å². The second-order valence-electron chi connectivity index (χ2n) is 5.60. The lowest BCUT2D eigenvalue weighted by molar-refractivity contribution is 0.0968. The van der Waals surface area contributed by atoms with Crippen LogP contribution in [0.5, 0.6) is 0 Å². The van der Waals surface area contributed by atoms with E-state index in [1.807, 2.05) is 30.6 Å². The molecule has 0 aliphatic heterocycles. The van der Waals surface area contributed by atoms with Crippen molar-refractivity contribution in [2.45, 2.75) is 44.8 Å². The molecule has 2 unspecified atom stereocenters. The van der Waals surface area contributed by atoms with Crippen LogP contribution in [0.3, 0.4) is 0 Å². The molecule has 2 atom stereocenters. The molecule has 100 valence electrons. The van der Waals surface area contributed by atoms with Crippen molar-refractivity contribution >= 4 is 0 Å². The highest BCUT2D eigenvalue weighted by Crippen LogP contribution is 2.38. The Balaban J connectivity index is 1.98. The number of nitrogens with zero attached hydrogens (tertiary/aromatic N) is 2. The largest absolute Gasteiger partial charge is 0.386 e. The van der Waals surface area contributed by atoms with Crippen LogP contribution < -0.4 is 0 Å². The van der Waals surface area contributed by atoms with E-state index in [-0.39, 0.29) is 6.04 Å². The average molecular weight is 256 g/mol. The molecule has 3 heteroatoms. The summed E-state index contributed by atoms with van der Waals surface area (Å²) in [4.78, 5) is 4.43. The van der Waals surface area contributed by atoms with Gasteiger partial charge in [-0.2, -0.15) is 0 Å². The highest BCUT2D eigenvalue weighted by Gasteiger charge is 2.30. The van der Waals surface area contributed by atoms with Crippen molar-refractivity contribution in [1.29, 1.82) is 0 Å². The van der Waals surface area contributed by atoms with Crippen molar-refractivity contribution in [3.8, 4) is 0 Å². The lowest BCUT2D eigenvalue weighted by Crippen LogP contribution is -2.25. The molecule has 1 N–H and O–H groups in total. The van der Waals surface area contributed by atoms with Crippen LogP contribution >= 0.6 is 0 Å². The Labute approximate surface area is 113 Å². The van der Waals surface area contributed by atoms with E-state index < -0.39 is 6.10 Å². The van der Waals surface area contributed by atoms with Gasteiger partial charge in [0.05, 0.1) is 12.1 Å². The summed E-state index contributed by atoms with van der Waals surface area (Å²) in [6, 6.07) is 8.31. The molecule has 1 aliphatic rings. The van der Waals surface area contributed by atoms with Crippen molar-refractivity contribution in [2.75, 3.05) is 0 Å². The fourth-order valence-electron chi connectivity index (χ4n) is 3.06. The SMILES string of the molecule is CC(C)c1nccn1C1CCc2ccccc2C1O. The van der Waals surface area contributed by atoms with Gasteiger partial charge < -0.3 is 9.67 Å². The Morgan fingerprint density at radius 3 is 2.89 bits per heavy atom. The number of imidazole rings is 1. The van der Waals surface area contributed by atoms with Crippen LogP contribution in [0.1, 0.15) is 55.3 Å². The quantitative estimate of drug-likeness (QED) is 0.895. The lowest BCUT2D eigenvalue weighted by atomic mass is 9.85. The summed E-state index contributed by atoms with van der Waals surface area (Å²) in [5.41, 5.74) is 2.35. The monoisotopic (exact) mass is 256 g/mol. The Kier molecular flexibility index (Phi) is 3.15. The maximum absolute atomic E-state index is 10.7. The molecule has 0 radical (unpaired) electrons. The highest BCUT2D eigenvalue weighted by molar-refractivity contribution is 5.32. The Morgan fingerprint density at radius 2 is 2.11 bits per heavy atom. The number of aliphatic hydroxyl groups excluding tert-OH is 1. The molecule has 3 nitrogen and oxygen atoms in total. The summed E-state index contributed by atoms with van der Waals surface area (Å²) in [5, 5.41) is 10.7. The number of fused-ring (bicyclic) bond motifs is 1. The molecule has 19 heavy (non-hydrogen) atoms. The second kappa shape index (κ2) is 4.82. The Morgan fingerprint density at radius 1 is 1.32 bits per heavy atom. The molecule has 3 rings (SSSR count). The molecule has 1 heterocycles. The molecule has 0 saturated carbocycles. The van der Waals surface area contributed by atoms with Gasteiger partial charge in [-0.05, 0) is 24.0 Å². The van der Waals surface area contributed by atoms with Gasteiger partial charge >= 0.3 is 0 Å². The Hall–Kier alpha value is -1.61. The minimum Gasteiger partial charge on any atom is -0.386 e. The molecule has 2 aromatic rings. The number of benzene rings is 1. The molecule has 0 saturated heterocycles. The van der Waals surface area contributed by atoms with Gasteiger partial charge in [0.25, 0.3) is 0 Å². The van der Waals surface area contributed by atoms with Crippen molar-refractivity contribution < 1.29 is 5.11 Å². The molecular weight excluding hydrogens is 236 g/mol. The molecular formula is C16H20N2O. The van der Waals surface area contributed by atoms with Crippen LogP contribution in [-0.2, 0) is 6.42 Å². The first-order valence-corrected chi connectivity index (χ1v) is 6.97. The molecule has 1 aromatic heterocycles. The Bertz CT molecular complexity index is 574. The number of hydrogen-bond donors (Lipinski definition) is 1. The maximum Gasteiger partial charge on any atom is 0.111 e. The number of hydrogen-bond acceptors (Lipinski definition) is 2. The summed E-state index contributed by atoms with van der Waals surface area (Å²) in [7, 11) is 0. The van der Waals surface area contributed by atoms with Crippen LogP contribution in [0.25, 0.3) is 0 Å². The standard InChI is InChI=1S/C16H20N2O/c1-11(2)16-17-9-10-18(16)14-8-7-12-5-3-4-6-13(12)15(14)19/h3-6,9-11,14-15,19H,7-8H2,1-2H3. The van der Waals surface area contributed by atoms with Crippen molar-refractivity contribution in [2.24, 2.45) is 0 Å². The van der Waals surface area contributed by atoms with E-state index in [1.54, 1.807) is 0 Å². The van der Waals surface area contributed by atoms with Gasteiger partial charge in [0, 0.05) is 18.3 Å². The van der Waals surface area contributed by atoms with Crippen molar-refractivity contribution in [3.63, 3.8) is 0 Å². The van der Waals surface area contributed by atoms with Gasteiger partial charge in [0.2, 0.25) is 0 Å². The second-order valence-corrected chi connectivity index (χ2v) is 5.60. The first kappa shape index (κ1) is 12.4. The van der Waals surface area contributed by atoms with Gasteiger partial charge in [0.1, 0.15) is 5.82 Å². The summed E-state index contributed by atoms with van der Waals surface area (Å²) in [6.07, 6.45) is 5.39. The molecule has 1 aromatic carbocycles. The van der Waals surface area contributed by atoms with Crippen molar-refractivity contribution in [3.05, 3.63) is 53.6 Å². The van der Waals surface area contributed by atoms with Gasteiger partial charge in [0.15, 0.2) is 0 Å². The summed E-state index contributed by atoms with van der Waals surface area (Å²) >= 11 is 0. The lowest BCUT2D eigenvalue weighted by Gasteiger charge is -2.32. The number of rotatable bonds is 2. The average Bonchev–Trinajstić information content (AvgIpc) is 2.89. The van der Waals surface area contributed by atoms with Gasteiger partial charge in [-0.25, -0.2) is 4.98 Å². The molecule has 0 spiro atoms. The van der Waals surface area contributed by atoms with E-state index in [2.05, 4.69) is 29.5 Å². The topological polar surface area (TPSA) is 38.0 Å². The van der Waals surface area contributed by atoms with Gasteiger partial charge in [-0.3, -0.25) is 0 Å². The van der Waals surface area contributed by atoms with E-state index in [4.69, 9.17) is 0 Å². The summed E-state index contributed by atoms with van der Waals surface area (Å²) < 4.78 is 2.16. The van der Waals surface area contributed by atoms with Gasteiger partial charge in [-0.15, -0.1) is 0 Å². The normalized spacial score (nSPS) is 22.5. The van der Waals surface area contributed by atoms with E-state index in [0.717, 1.165) is 24.2 Å². The molecule has 0 fully saturated rings. The first-order chi connectivity index (χ1) is 9.18.